The van der Waals surface area contributed by atoms with E-state index in [4.69, 9.17) is 8.94 Å². The summed E-state index contributed by atoms with van der Waals surface area (Å²) in [7, 11) is 0. The summed E-state index contributed by atoms with van der Waals surface area (Å²) in [5.41, 5.74) is -1.04. The van der Waals surface area contributed by atoms with Gasteiger partial charge >= 0.3 is 0 Å². The average Bonchev–Trinajstić information content (AvgIpc) is 2.98. The molecule has 0 saturated carbocycles. The normalized spacial score (nSPS) is 25.1. The van der Waals surface area contributed by atoms with Gasteiger partial charge in [0, 0.05) is 6.54 Å². The maximum atomic E-state index is 10.2. The highest BCUT2D eigenvalue weighted by molar-refractivity contribution is 5.44. The summed E-state index contributed by atoms with van der Waals surface area (Å²) in [4.78, 5) is 4.14. The molecule has 6 nitrogen and oxygen atoms in total. The Morgan fingerprint density at radius 1 is 1.50 bits per heavy atom. The molecule has 3 heterocycles. The van der Waals surface area contributed by atoms with Crippen molar-refractivity contribution in [3.8, 4) is 11.6 Å². The average molecular weight is 221 g/mol. The molecule has 3 rings (SSSR count). The zero-order valence-electron chi connectivity index (χ0n) is 8.51. The number of furan rings is 1. The number of aliphatic hydroxyl groups is 1. The van der Waals surface area contributed by atoms with E-state index in [0.29, 0.717) is 24.6 Å². The van der Waals surface area contributed by atoms with Crippen LogP contribution >= 0.6 is 0 Å². The van der Waals surface area contributed by atoms with E-state index in [1.807, 2.05) is 0 Å². The number of hydrogen-bond donors (Lipinski definition) is 2. The molecular weight excluding hydrogens is 210 g/mol. The first-order chi connectivity index (χ1) is 7.78. The summed E-state index contributed by atoms with van der Waals surface area (Å²) in [6.07, 6.45) is 2.12. The quantitative estimate of drug-likeness (QED) is 0.768. The van der Waals surface area contributed by atoms with Gasteiger partial charge in [0.25, 0.3) is 5.89 Å². The Kier molecular flexibility index (Phi) is 2.05. The third-order valence-electron chi connectivity index (χ3n) is 2.70. The Morgan fingerprint density at radius 3 is 3.12 bits per heavy atom. The zero-order valence-corrected chi connectivity index (χ0v) is 8.51. The molecule has 1 aliphatic rings. The molecular formula is C10H11N3O3. The van der Waals surface area contributed by atoms with Gasteiger partial charge < -0.3 is 19.4 Å². The fourth-order valence-electron chi connectivity index (χ4n) is 1.78. The van der Waals surface area contributed by atoms with Gasteiger partial charge in [0.05, 0.1) is 6.26 Å². The van der Waals surface area contributed by atoms with Crippen LogP contribution in [-0.4, -0.2) is 28.3 Å². The second-order valence-corrected chi connectivity index (χ2v) is 3.86. The highest BCUT2D eigenvalue weighted by atomic mass is 16.5. The largest absolute Gasteiger partial charge is 0.461 e. The van der Waals surface area contributed by atoms with E-state index in [1.165, 1.54) is 6.26 Å². The van der Waals surface area contributed by atoms with Gasteiger partial charge in [-0.15, -0.1) is 0 Å². The number of hydrogen-bond acceptors (Lipinski definition) is 6. The Labute approximate surface area is 91.3 Å². The molecule has 0 bridgehead atoms. The van der Waals surface area contributed by atoms with Crippen molar-refractivity contribution in [3.63, 3.8) is 0 Å². The summed E-state index contributed by atoms with van der Waals surface area (Å²) in [5.74, 6) is 1.13. The lowest BCUT2D eigenvalue weighted by molar-refractivity contribution is 0.0243. The second-order valence-electron chi connectivity index (χ2n) is 3.86. The molecule has 2 aromatic rings. The number of nitrogens with one attached hydrogen (secondary N) is 1. The van der Waals surface area contributed by atoms with Crippen molar-refractivity contribution < 1.29 is 14.0 Å². The van der Waals surface area contributed by atoms with Crippen LogP contribution in [-0.2, 0) is 5.60 Å². The molecule has 2 aromatic heterocycles. The van der Waals surface area contributed by atoms with Gasteiger partial charge in [-0.05, 0) is 25.1 Å². The van der Waals surface area contributed by atoms with Crippen molar-refractivity contribution in [1.82, 2.24) is 15.5 Å². The summed E-state index contributed by atoms with van der Waals surface area (Å²) in [6.45, 7) is 1.18. The topological polar surface area (TPSA) is 84.3 Å². The molecule has 0 radical (unpaired) electrons. The van der Waals surface area contributed by atoms with E-state index in [9.17, 15) is 5.11 Å². The molecule has 0 amide bonds. The van der Waals surface area contributed by atoms with Crippen molar-refractivity contribution >= 4 is 0 Å². The molecule has 84 valence electrons. The van der Waals surface area contributed by atoms with E-state index < -0.39 is 5.60 Å². The van der Waals surface area contributed by atoms with E-state index in [2.05, 4.69) is 15.5 Å². The van der Waals surface area contributed by atoms with Crippen LogP contribution in [0.1, 0.15) is 12.3 Å². The fraction of sp³-hybridized carbons (Fsp3) is 0.400. The molecule has 1 aliphatic heterocycles. The molecule has 0 aromatic carbocycles. The summed E-state index contributed by atoms with van der Waals surface area (Å²) >= 11 is 0. The van der Waals surface area contributed by atoms with Gasteiger partial charge in [0.1, 0.15) is 0 Å². The van der Waals surface area contributed by atoms with Gasteiger partial charge in [0.2, 0.25) is 5.82 Å². The van der Waals surface area contributed by atoms with Crippen molar-refractivity contribution in [1.29, 1.82) is 0 Å². The third-order valence-corrected chi connectivity index (χ3v) is 2.70. The van der Waals surface area contributed by atoms with Crippen LogP contribution in [0.15, 0.2) is 27.3 Å². The van der Waals surface area contributed by atoms with E-state index in [0.717, 1.165) is 6.54 Å². The van der Waals surface area contributed by atoms with Crippen molar-refractivity contribution in [2.24, 2.45) is 0 Å². The van der Waals surface area contributed by atoms with Gasteiger partial charge in [-0.1, -0.05) is 5.16 Å². The predicted molar refractivity (Wildman–Crippen MR) is 53.4 cm³/mol. The third kappa shape index (κ3) is 1.43. The highest BCUT2D eigenvalue weighted by Crippen LogP contribution is 2.27. The second kappa shape index (κ2) is 3.43. The summed E-state index contributed by atoms with van der Waals surface area (Å²) in [6, 6.07) is 3.49. The molecule has 16 heavy (non-hydrogen) atoms. The molecule has 0 spiro atoms. The lowest BCUT2D eigenvalue weighted by Gasteiger charge is -2.14. The highest BCUT2D eigenvalue weighted by Gasteiger charge is 2.38. The van der Waals surface area contributed by atoms with E-state index in [-0.39, 0.29) is 5.89 Å². The van der Waals surface area contributed by atoms with Crippen LogP contribution in [0.2, 0.25) is 0 Å². The van der Waals surface area contributed by atoms with Crippen molar-refractivity contribution in [2.45, 2.75) is 12.0 Å². The SMILES string of the molecule is OC1(c2nc(-c3ccco3)no2)CCNC1. The number of aromatic nitrogens is 2. The van der Waals surface area contributed by atoms with Crippen LogP contribution < -0.4 is 5.32 Å². The first-order valence-corrected chi connectivity index (χ1v) is 5.09. The lowest BCUT2D eigenvalue weighted by atomic mass is 10.0. The fourth-order valence-corrected chi connectivity index (χ4v) is 1.78. The minimum absolute atomic E-state index is 0.240. The van der Waals surface area contributed by atoms with E-state index >= 15 is 0 Å². The molecule has 0 aliphatic carbocycles. The standard InChI is InChI=1S/C10H11N3O3/c14-10(3-4-11-6-10)9-12-8(13-16-9)7-2-1-5-15-7/h1-2,5,11,14H,3-4,6H2. The Bertz CT molecular complexity index is 471. The molecule has 2 N–H and O–H groups in total. The minimum Gasteiger partial charge on any atom is -0.461 e. The summed E-state index contributed by atoms with van der Waals surface area (Å²) in [5, 5.41) is 17.0. The van der Waals surface area contributed by atoms with E-state index in [1.54, 1.807) is 12.1 Å². The Balaban J connectivity index is 1.93. The molecule has 6 heteroatoms. The molecule has 1 saturated heterocycles. The maximum Gasteiger partial charge on any atom is 0.260 e. The Morgan fingerprint density at radius 2 is 2.44 bits per heavy atom. The monoisotopic (exact) mass is 221 g/mol. The van der Waals surface area contributed by atoms with Crippen LogP contribution in [0.3, 0.4) is 0 Å². The first kappa shape index (κ1) is 9.56. The zero-order chi connectivity index (χ0) is 11.0. The van der Waals surface area contributed by atoms with Gasteiger partial charge in [0.15, 0.2) is 11.4 Å². The van der Waals surface area contributed by atoms with Gasteiger partial charge in [-0.25, -0.2) is 0 Å². The minimum atomic E-state index is -1.04. The molecule has 1 unspecified atom stereocenters. The Hall–Kier alpha value is -1.66. The van der Waals surface area contributed by atoms with Crippen molar-refractivity contribution in [2.75, 3.05) is 13.1 Å². The van der Waals surface area contributed by atoms with Crippen molar-refractivity contribution in [3.05, 3.63) is 24.3 Å². The van der Waals surface area contributed by atoms with Gasteiger partial charge in [-0.2, -0.15) is 4.98 Å². The molecule has 1 atom stereocenters. The smallest absolute Gasteiger partial charge is 0.260 e. The maximum absolute atomic E-state index is 10.2. The van der Waals surface area contributed by atoms with Crippen LogP contribution in [0, 0.1) is 0 Å². The van der Waals surface area contributed by atoms with Crippen LogP contribution in [0.25, 0.3) is 11.6 Å². The summed E-state index contributed by atoms with van der Waals surface area (Å²) < 4.78 is 10.2. The number of rotatable bonds is 2. The van der Waals surface area contributed by atoms with Gasteiger partial charge in [-0.3, -0.25) is 0 Å². The number of nitrogens with zero attached hydrogens (tertiary/aromatic N) is 2. The predicted octanol–water partition coefficient (Wildman–Crippen LogP) is 0.510. The van der Waals surface area contributed by atoms with Crippen LogP contribution in [0.4, 0.5) is 0 Å². The number of β-amino-alcohol motifs (C(OH)–C–C–N with tert-alkyl or cyclic N) is 1. The lowest BCUT2D eigenvalue weighted by Crippen LogP contribution is -2.28. The van der Waals surface area contributed by atoms with Crippen LogP contribution in [0.5, 0.6) is 0 Å². The first-order valence-electron chi connectivity index (χ1n) is 5.09. The molecule has 1 fully saturated rings.